The fraction of sp³-hybridized carbons (Fsp3) is 0.881. The lowest BCUT2D eigenvalue weighted by Crippen LogP contribution is -2.41. The monoisotopic (exact) mass is 1970 g/mol. The zero-order valence-electron chi connectivity index (χ0n) is 76.6. The first-order valence-electron chi connectivity index (χ1n) is 44.7. The van der Waals surface area contributed by atoms with Crippen LogP contribution in [0.1, 0.15) is 351 Å². The Hall–Kier alpha value is -6.84. The van der Waals surface area contributed by atoms with Crippen LogP contribution in [-0.2, 0) is 162 Å². The number of methoxy groups -OCH3 is 1. The maximum atomic E-state index is 12.3. The Labute approximate surface area is 818 Å². The molecule has 27 atom stereocenters. The van der Waals surface area contributed by atoms with E-state index in [9.17, 15) is 67.7 Å². The number of rotatable bonds is 17. The summed E-state index contributed by atoms with van der Waals surface area (Å²) in [7, 11) is 1.42. The molecular formula is C101H182O36. The van der Waals surface area contributed by atoms with Crippen molar-refractivity contribution in [3.05, 3.63) is 0 Å². The minimum atomic E-state index is -1.44. The predicted molar refractivity (Wildman–Crippen MR) is 507 cm³/mol. The van der Waals surface area contributed by atoms with Crippen LogP contribution < -0.4 is 0 Å². The van der Waals surface area contributed by atoms with Gasteiger partial charge in [0.05, 0.1) is 52.1 Å². The fourth-order valence-electron chi connectivity index (χ4n) is 17.5. The largest absolute Gasteiger partial charge is 0.469 e. The lowest BCUT2D eigenvalue weighted by Gasteiger charge is -2.33. The van der Waals surface area contributed by atoms with E-state index in [1.54, 1.807) is 83.1 Å². The zero-order valence-corrected chi connectivity index (χ0v) is 76.6. The number of hydrogen-bond donors (Lipinski definition) is 2. The average Bonchev–Trinajstić information content (AvgIpc) is 1.58. The molecule has 0 aromatic heterocycles. The van der Waals surface area contributed by atoms with Gasteiger partial charge in [0.2, 0.25) is 30.5 Å². The van der Waals surface area contributed by atoms with Crippen molar-refractivity contribution in [3.63, 3.8) is 0 Å². The number of ether oxygens (including phenoxy) is 22. The molecule has 36 heteroatoms. The molecule has 4 aliphatic carbocycles. The Bertz CT molecular complexity index is 3860. The van der Waals surface area contributed by atoms with Gasteiger partial charge in [-0.25, -0.2) is 24.0 Å². The molecule has 0 aromatic rings. The Balaban J connectivity index is 0. The molecule has 36 nitrogen and oxygen atoms in total. The molecule has 13 saturated heterocycles. The van der Waals surface area contributed by atoms with Crippen LogP contribution in [0.15, 0.2) is 0 Å². The van der Waals surface area contributed by atoms with Crippen LogP contribution in [0.25, 0.3) is 0 Å². The molecule has 17 rings (SSSR count). The van der Waals surface area contributed by atoms with Gasteiger partial charge in [0, 0.05) is 24.7 Å². The smallest absolute Gasteiger partial charge is 0.350 e. The van der Waals surface area contributed by atoms with Gasteiger partial charge in [-0.15, -0.1) is 0 Å². The maximum Gasteiger partial charge on any atom is 0.350 e. The molecule has 1 spiro atoms. The number of hydrogen-bond acceptors (Lipinski definition) is 36. The molecule has 17 aliphatic rings. The van der Waals surface area contributed by atoms with Gasteiger partial charge in [-0.05, 0) is 213 Å². The first-order chi connectivity index (χ1) is 58.3. The van der Waals surface area contributed by atoms with Gasteiger partial charge in [-0.3, -0.25) is 33.6 Å². The quantitative estimate of drug-likeness (QED) is 0.101. The minimum Gasteiger partial charge on any atom is -0.469 e. The normalized spacial score (nSPS) is 34.0. The summed E-state index contributed by atoms with van der Waals surface area (Å²) < 4.78 is 120. The van der Waals surface area contributed by atoms with Crippen LogP contribution >= 0.6 is 0 Å². The molecule has 2 bridgehead atoms. The van der Waals surface area contributed by atoms with Crippen LogP contribution in [-0.4, -0.2) is 248 Å². The summed E-state index contributed by atoms with van der Waals surface area (Å²) in [4.78, 5) is 142. The second-order valence-electron chi connectivity index (χ2n) is 40.1. The number of aliphatic hydroxyl groups excluding tert-OH is 2. The highest BCUT2D eigenvalue weighted by atomic mass is 16.9. The summed E-state index contributed by atoms with van der Waals surface area (Å²) in [5.74, 6) is -4.72. The van der Waals surface area contributed by atoms with E-state index >= 15 is 0 Å². The molecule has 0 amide bonds. The molecule has 0 radical (unpaired) electrons. The third kappa shape index (κ3) is 28.0. The van der Waals surface area contributed by atoms with Gasteiger partial charge in [0.15, 0.2) is 85.2 Å². The Morgan fingerprint density at radius 3 is 0.993 bits per heavy atom. The first kappa shape index (κ1) is 132. The van der Waals surface area contributed by atoms with E-state index in [4.69, 9.17) is 99.5 Å². The minimum absolute atomic E-state index is 0. The number of carbonyl (C=O) groups excluding carboxylic acids is 12. The SMILES string of the molecule is C.C.C.C.C.C.C.C.C.C.C.C.CCC(C)(C)C(=O)OC.CCC(C)(C)C(=O)OC1C(=O)OC2C(O)C(O)OC12.CCC(C)(C)C(=O)OC1C(=O)OC2C3OC(C)(C)OC3OC12.CCC(C)(C)C(=O)OC1C(=O)OC2C3OC(C)(C)OC3OC12.CCC(C)(C)C(=O)OC1C(=O)OC2C3OC4(CCCCC4)OC3OC12.CCC(C)(C)C(=O)OC1C(=O)OC2CCCC21.O=C1OCC2C3CCC(C3)C12. The van der Waals surface area contributed by atoms with Crippen molar-refractivity contribution < 1.29 is 172 Å². The van der Waals surface area contributed by atoms with E-state index in [1.807, 2.05) is 69.2 Å². The first-order valence-corrected chi connectivity index (χ1v) is 44.7. The van der Waals surface area contributed by atoms with E-state index < -0.39 is 221 Å². The third-order valence-corrected chi connectivity index (χ3v) is 28.1. The molecule has 17 fully saturated rings. The molecular weight excluding hydrogens is 1790 g/mol. The van der Waals surface area contributed by atoms with Crippen LogP contribution in [0.2, 0.25) is 0 Å². The van der Waals surface area contributed by atoms with Crippen molar-refractivity contribution >= 4 is 71.6 Å². The molecule has 2 N–H and O–H groups in total. The highest BCUT2D eigenvalue weighted by molar-refractivity contribution is 5.87. The van der Waals surface area contributed by atoms with Gasteiger partial charge in [0.25, 0.3) is 0 Å². The number of aliphatic hydroxyl groups is 2. The molecule has 13 aliphatic heterocycles. The summed E-state index contributed by atoms with van der Waals surface area (Å²) >= 11 is 0. The Morgan fingerprint density at radius 1 is 0.336 bits per heavy atom. The van der Waals surface area contributed by atoms with E-state index in [2.05, 4.69) is 4.74 Å². The molecule has 13 heterocycles. The van der Waals surface area contributed by atoms with Gasteiger partial charge in [-0.1, -0.05) is 137 Å². The molecule has 802 valence electrons. The summed E-state index contributed by atoms with van der Waals surface area (Å²) in [6, 6.07) is 0. The Morgan fingerprint density at radius 2 is 0.650 bits per heavy atom. The van der Waals surface area contributed by atoms with E-state index in [1.165, 1.54) is 32.8 Å². The number of carbonyl (C=O) groups is 12. The van der Waals surface area contributed by atoms with E-state index in [0.29, 0.717) is 49.9 Å². The lowest BCUT2D eigenvalue weighted by atomic mass is 9.81. The maximum absolute atomic E-state index is 12.3. The van der Waals surface area contributed by atoms with E-state index in [0.717, 1.165) is 63.9 Å². The number of cyclic esters (lactones) is 1. The van der Waals surface area contributed by atoms with Crippen LogP contribution in [0.4, 0.5) is 0 Å². The summed E-state index contributed by atoms with van der Waals surface area (Å²) in [6.07, 6.45) is -1.25. The van der Waals surface area contributed by atoms with Crippen LogP contribution in [0.5, 0.6) is 0 Å². The van der Waals surface area contributed by atoms with Crippen molar-refractivity contribution in [1.82, 2.24) is 0 Å². The van der Waals surface area contributed by atoms with Gasteiger partial charge >= 0.3 is 71.6 Å². The fourth-order valence-corrected chi connectivity index (χ4v) is 17.5. The van der Waals surface area contributed by atoms with Gasteiger partial charge in [0.1, 0.15) is 36.6 Å². The van der Waals surface area contributed by atoms with Crippen molar-refractivity contribution in [2.24, 2.45) is 62.1 Å². The summed E-state index contributed by atoms with van der Waals surface area (Å²) in [5, 5.41) is 18.9. The molecule has 137 heavy (non-hydrogen) atoms. The zero-order chi connectivity index (χ0) is 92.3. The van der Waals surface area contributed by atoms with Crippen molar-refractivity contribution in [2.75, 3.05) is 13.7 Å². The molecule has 27 unspecified atom stereocenters. The molecule has 0 aromatic carbocycles. The van der Waals surface area contributed by atoms with Crippen LogP contribution in [0.3, 0.4) is 0 Å². The highest BCUT2D eigenvalue weighted by Gasteiger charge is 2.69. The highest BCUT2D eigenvalue weighted by Crippen LogP contribution is 2.56. The third-order valence-electron chi connectivity index (χ3n) is 28.1. The van der Waals surface area contributed by atoms with Crippen LogP contribution in [0, 0.1) is 62.1 Å². The second-order valence-corrected chi connectivity index (χ2v) is 40.1. The van der Waals surface area contributed by atoms with Gasteiger partial charge < -0.3 is 114 Å². The summed E-state index contributed by atoms with van der Waals surface area (Å²) in [6.45, 7) is 40.7. The topological polar surface area (TPSA) is 448 Å². The number of esters is 12. The van der Waals surface area contributed by atoms with Crippen molar-refractivity contribution in [3.8, 4) is 0 Å². The lowest BCUT2D eigenvalue weighted by molar-refractivity contribution is -0.246. The van der Waals surface area contributed by atoms with Gasteiger partial charge in [-0.2, -0.15) is 0 Å². The standard InChI is InChI=1S/C18H26O7.2C15H22O7.C13H20O4.C12H18O7.C9H12O2.C7H14O2.12CH4/c1-4-17(2,3)16(20)23-12-10-11(21-14(12)19)13-15(22-10)25-18(24-13)8-6-5-7-9-18;2*1-6-14(2,3)13(17)20-9-7-8(18-11(9)16)10-12(19-7)22-15(4,5)21-10;1-4-13(2,3)12(15)17-10-8-6-5-7-9(8)16-11(10)14;1-4-12(2,3)11(16)19-8-7-6(17-10(8)15)5(13)9(14)18-7;10-9-8-6-2-1-5(3-6)7(8)4-11-9;1-5-7(2,3)6(8)9-4;;;;;;;;;;;;/h10-13,15H,4-9H2,1-3H3;2*7-10,12H,6H2,1-5H3;8-10H,4-7H2,1-3H3;5-9,13-14H,4H2,1-3H3;5-8H,1-4H2;5H2,1-4H3;12*1H4. The average molecular weight is 1970 g/mol. The predicted octanol–water partition coefficient (Wildman–Crippen LogP) is 16.2. The molecule has 4 saturated carbocycles. The Kier molecular flexibility index (Phi) is 49.1. The van der Waals surface area contributed by atoms with E-state index in [-0.39, 0.29) is 130 Å². The van der Waals surface area contributed by atoms with Crippen molar-refractivity contribution in [1.29, 1.82) is 0 Å². The second kappa shape index (κ2) is 50.9. The van der Waals surface area contributed by atoms with Crippen molar-refractivity contribution in [2.45, 2.75) is 503 Å². The summed E-state index contributed by atoms with van der Waals surface area (Å²) in [5.41, 5.74) is -3.56. The number of fused-ring (bicyclic) bond motifs is 16.